The van der Waals surface area contributed by atoms with Crippen molar-refractivity contribution in [3.63, 3.8) is 0 Å². The van der Waals surface area contributed by atoms with Gasteiger partial charge in [0.25, 0.3) is 15.9 Å². The maximum atomic E-state index is 12.6. The number of hydrogen-bond acceptors (Lipinski definition) is 4. The van der Waals surface area contributed by atoms with Gasteiger partial charge in [0.1, 0.15) is 5.75 Å². The second-order valence-electron chi connectivity index (χ2n) is 7.05. The highest BCUT2D eigenvalue weighted by atomic mass is 32.2. The van der Waals surface area contributed by atoms with Crippen LogP contribution in [0.3, 0.4) is 0 Å². The van der Waals surface area contributed by atoms with Crippen LogP contribution in [0.15, 0.2) is 71.6 Å². The first-order valence-electron chi connectivity index (χ1n) is 9.43. The zero-order valence-electron chi connectivity index (χ0n) is 17.1. The quantitative estimate of drug-likeness (QED) is 0.588. The van der Waals surface area contributed by atoms with E-state index in [1.807, 2.05) is 51.1 Å². The molecule has 0 bridgehead atoms. The Morgan fingerprint density at radius 2 is 1.57 bits per heavy atom. The van der Waals surface area contributed by atoms with Crippen molar-refractivity contribution in [3.05, 3.63) is 83.4 Å². The van der Waals surface area contributed by atoms with E-state index in [-0.39, 0.29) is 17.4 Å². The Hall–Kier alpha value is -3.32. The van der Waals surface area contributed by atoms with Crippen molar-refractivity contribution >= 4 is 27.3 Å². The van der Waals surface area contributed by atoms with Crippen molar-refractivity contribution in [2.24, 2.45) is 0 Å². The van der Waals surface area contributed by atoms with Gasteiger partial charge in [0, 0.05) is 5.69 Å². The molecule has 2 N–H and O–H groups in total. The first-order chi connectivity index (χ1) is 14.2. The normalized spacial score (nSPS) is 11.0. The summed E-state index contributed by atoms with van der Waals surface area (Å²) in [7, 11) is -3.72. The molecule has 3 rings (SSSR count). The third-order valence-corrected chi connectivity index (χ3v) is 5.93. The van der Waals surface area contributed by atoms with Crippen molar-refractivity contribution in [2.75, 3.05) is 16.6 Å². The van der Waals surface area contributed by atoms with E-state index in [2.05, 4.69) is 10.0 Å². The van der Waals surface area contributed by atoms with Crippen molar-refractivity contribution in [1.82, 2.24) is 0 Å². The third-order valence-electron chi connectivity index (χ3n) is 4.55. The van der Waals surface area contributed by atoms with Crippen LogP contribution in [0.2, 0.25) is 0 Å². The number of benzene rings is 3. The van der Waals surface area contributed by atoms with Crippen LogP contribution in [0.4, 0.5) is 11.4 Å². The van der Waals surface area contributed by atoms with Gasteiger partial charge in [-0.15, -0.1) is 0 Å². The van der Waals surface area contributed by atoms with Gasteiger partial charge >= 0.3 is 0 Å². The average molecular weight is 425 g/mol. The van der Waals surface area contributed by atoms with Gasteiger partial charge in [-0.05, 0) is 68.3 Å². The average Bonchev–Trinajstić information content (AvgIpc) is 2.70. The van der Waals surface area contributed by atoms with E-state index in [0.29, 0.717) is 11.4 Å². The second-order valence-corrected chi connectivity index (χ2v) is 8.73. The smallest absolute Gasteiger partial charge is 0.262 e. The van der Waals surface area contributed by atoms with E-state index in [0.717, 1.165) is 22.4 Å². The number of aryl methyl sites for hydroxylation is 3. The molecule has 0 spiro atoms. The standard InChI is InChI=1S/C23H24N2O4S/c1-16-8-13-21(18(3)14-16)24-23(26)15-29-19-9-11-20(12-10-19)30(27,28)25-22-7-5-4-6-17(22)2/h4-14,25H,15H2,1-3H3,(H,24,26). The number of carbonyl (C=O) groups excluding carboxylic acids is 1. The summed E-state index contributed by atoms with van der Waals surface area (Å²) in [6.45, 7) is 5.56. The minimum Gasteiger partial charge on any atom is -0.484 e. The molecule has 0 heterocycles. The summed E-state index contributed by atoms with van der Waals surface area (Å²) in [4.78, 5) is 12.3. The molecule has 1 amide bonds. The number of rotatable bonds is 7. The molecule has 0 aromatic heterocycles. The van der Waals surface area contributed by atoms with Crippen LogP contribution in [-0.2, 0) is 14.8 Å². The highest BCUT2D eigenvalue weighted by molar-refractivity contribution is 7.92. The lowest BCUT2D eigenvalue weighted by Gasteiger charge is -2.12. The molecule has 0 fully saturated rings. The second kappa shape index (κ2) is 9.00. The fourth-order valence-electron chi connectivity index (χ4n) is 2.90. The number of carbonyl (C=O) groups is 1. The van der Waals surface area contributed by atoms with Gasteiger partial charge < -0.3 is 10.1 Å². The number of hydrogen-bond donors (Lipinski definition) is 2. The van der Waals surface area contributed by atoms with Gasteiger partial charge in [0.05, 0.1) is 10.6 Å². The van der Waals surface area contributed by atoms with Crippen LogP contribution in [0.1, 0.15) is 16.7 Å². The Balaban J connectivity index is 1.60. The molecular formula is C23H24N2O4S. The topological polar surface area (TPSA) is 84.5 Å². The van der Waals surface area contributed by atoms with E-state index >= 15 is 0 Å². The van der Waals surface area contributed by atoms with Crippen molar-refractivity contribution in [2.45, 2.75) is 25.7 Å². The van der Waals surface area contributed by atoms with Crippen LogP contribution in [0.25, 0.3) is 0 Å². The monoisotopic (exact) mass is 424 g/mol. The summed E-state index contributed by atoms with van der Waals surface area (Å²) < 4.78 is 33.2. The fourth-order valence-corrected chi connectivity index (χ4v) is 4.03. The summed E-state index contributed by atoms with van der Waals surface area (Å²) >= 11 is 0. The van der Waals surface area contributed by atoms with Crippen molar-refractivity contribution < 1.29 is 17.9 Å². The van der Waals surface area contributed by atoms with E-state index in [1.165, 1.54) is 24.3 Å². The minimum atomic E-state index is -3.72. The zero-order chi connectivity index (χ0) is 21.7. The molecule has 0 radical (unpaired) electrons. The van der Waals surface area contributed by atoms with Crippen molar-refractivity contribution in [1.29, 1.82) is 0 Å². The van der Waals surface area contributed by atoms with Crippen LogP contribution in [-0.4, -0.2) is 20.9 Å². The molecule has 30 heavy (non-hydrogen) atoms. The predicted molar refractivity (Wildman–Crippen MR) is 118 cm³/mol. The number of amides is 1. The Bertz CT molecular complexity index is 1160. The number of ether oxygens (including phenoxy) is 1. The van der Waals surface area contributed by atoms with Crippen molar-refractivity contribution in [3.8, 4) is 5.75 Å². The Kier molecular flexibility index (Phi) is 6.42. The lowest BCUT2D eigenvalue weighted by Crippen LogP contribution is -2.20. The molecule has 3 aromatic carbocycles. The lowest BCUT2D eigenvalue weighted by atomic mass is 10.1. The summed E-state index contributed by atoms with van der Waals surface area (Å²) in [6, 6.07) is 18.8. The molecule has 156 valence electrons. The summed E-state index contributed by atoms with van der Waals surface area (Å²) in [5, 5.41) is 2.81. The molecule has 0 saturated carbocycles. The van der Waals surface area contributed by atoms with E-state index in [4.69, 9.17) is 4.74 Å². The minimum absolute atomic E-state index is 0.109. The maximum Gasteiger partial charge on any atom is 0.262 e. The molecule has 0 atom stereocenters. The summed E-state index contributed by atoms with van der Waals surface area (Å²) in [5.41, 5.74) is 4.18. The number of nitrogens with one attached hydrogen (secondary N) is 2. The third kappa shape index (κ3) is 5.39. The van der Waals surface area contributed by atoms with Crippen LogP contribution < -0.4 is 14.8 Å². The summed E-state index contributed by atoms with van der Waals surface area (Å²) in [5.74, 6) is 0.112. The lowest BCUT2D eigenvalue weighted by molar-refractivity contribution is -0.118. The zero-order valence-corrected chi connectivity index (χ0v) is 17.9. The van der Waals surface area contributed by atoms with Gasteiger partial charge in [0.2, 0.25) is 0 Å². The van der Waals surface area contributed by atoms with Gasteiger partial charge in [-0.3, -0.25) is 9.52 Å². The van der Waals surface area contributed by atoms with E-state index < -0.39 is 10.0 Å². The predicted octanol–water partition coefficient (Wildman–Crippen LogP) is 4.43. The number of sulfonamides is 1. The molecular weight excluding hydrogens is 400 g/mol. The summed E-state index contributed by atoms with van der Waals surface area (Å²) in [6.07, 6.45) is 0. The molecule has 0 saturated heterocycles. The highest BCUT2D eigenvalue weighted by Crippen LogP contribution is 2.21. The van der Waals surface area contributed by atoms with Gasteiger partial charge in [-0.2, -0.15) is 0 Å². The molecule has 0 aliphatic carbocycles. The molecule has 0 aliphatic heterocycles. The Morgan fingerprint density at radius 3 is 2.23 bits per heavy atom. The number of para-hydroxylation sites is 1. The molecule has 7 heteroatoms. The van der Waals surface area contributed by atoms with E-state index in [9.17, 15) is 13.2 Å². The number of anilines is 2. The SMILES string of the molecule is Cc1ccc(NC(=O)COc2ccc(S(=O)(=O)Nc3ccccc3C)cc2)c(C)c1. The molecule has 0 unspecified atom stereocenters. The Labute approximate surface area is 177 Å². The largest absolute Gasteiger partial charge is 0.484 e. The van der Waals surface area contributed by atoms with Crippen LogP contribution >= 0.6 is 0 Å². The fraction of sp³-hybridized carbons (Fsp3) is 0.174. The highest BCUT2D eigenvalue weighted by Gasteiger charge is 2.15. The molecule has 6 nitrogen and oxygen atoms in total. The van der Waals surface area contributed by atoms with Gasteiger partial charge in [-0.25, -0.2) is 8.42 Å². The first-order valence-corrected chi connectivity index (χ1v) is 10.9. The first kappa shape index (κ1) is 21.4. The Morgan fingerprint density at radius 1 is 0.867 bits per heavy atom. The maximum absolute atomic E-state index is 12.6. The van der Waals surface area contributed by atoms with E-state index in [1.54, 1.807) is 12.1 Å². The van der Waals surface area contributed by atoms with Crippen LogP contribution in [0.5, 0.6) is 5.75 Å². The van der Waals surface area contributed by atoms with Crippen LogP contribution in [0, 0.1) is 20.8 Å². The van der Waals surface area contributed by atoms with Gasteiger partial charge in [0.15, 0.2) is 6.61 Å². The van der Waals surface area contributed by atoms with Gasteiger partial charge in [-0.1, -0.05) is 35.9 Å². The molecule has 0 aliphatic rings. The molecule has 3 aromatic rings.